The van der Waals surface area contributed by atoms with E-state index in [4.69, 9.17) is 4.74 Å². The standard InChI is InChI=1S/C25H49NO/c1-15-24(8,9)20(26(12)13)18-23(6,7)16-17-25(10,11)21(27-14)19(2)22(3,4)5/h18H,15-17H2,1-14H3/b20-18+,21-19+. The Morgan fingerprint density at radius 1 is 0.852 bits per heavy atom. The van der Waals surface area contributed by atoms with E-state index in [1.165, 1.54) is 11.3 Å². The molecule has 0 aromatic carbocycles. The largest absolute Gasteiger partial charge is 0.501 e. The van der Waals surface area contributed by atoms with E-state index in [2.05, 4.69) is 101 Å². The second-order valence-electron chi connectivity index (χ2n) is 11.4. The average Bonchev–Trinajstić information content (AvgIpc) is 2.50. The van der Waals surface area contributed by atoms with Gasteiger partial charge >= 0.3 is 0 Å². The molecule has 0 amide bonds. The Morgan fingerprint density at radius 2 is 1.33 bits per heavy atom. The molecule has 0 heterocycles. The van der Waals surface area contributed by atoms with Crippen LogP contribution in [0, 0.1) is 21.7 Å². The summed E-state index contributed by atoms with van der Waals surface area (Å²) in [6.07, 6.45) is 5.86. The first-order valence-electron chi connectivity index (χ1n) is 10.6. The summed E-state index contributed by atoms with van der Waals surface area (Å²) >= 11 is 0. The van der Waals surface area contributed by atoms with Crippen LogP contribution in [0.1, 0.15) is 95.4 Å². The van der Waals surface area contributed by atoms with Gasteiger partial charge in [-0.05, 0) is 42.6 Å². The fraction of sp³-hybridized carbons (Fsp3) is 0.840. The molecule has 0 aliphatic rings. The van der Waals surface area contributed by atoms with E-state index in [0.717, 1.165) is 25.0 Å². The smallest absolute Gasteiger partial charge is 0.101 e. The molecule has 0 fully saturated rings. The van der Waals surface area contributed by atoms with E-state index in [9.17, 15) is 0 Å². The third-order valence-corrected chi connectivity index (χ3v) is 6.27. The number of hydrogen-bond acceptors (Lipinski definition) is 2. The van der Waals surface area contributed by atoms with Crippen molar-refractivity contribution in [2.75, 3.05) is 21.2 Å². The molecular formula is C25H49NO. The molecule has 0 N–H and O–H groups in total. The molecule has 2 nitrogen and oxygen atoms in total. The summed E-state index contributed by atoms with van der Waals surface area (Å²) in [6, 6.07) is 0. The van der Waals surface area contributed by atoms with Crippen LogP contribution in [0.4, 0.5) is 0 Å². The van der Waals surface area contributed by atoms with E-state index in [1.54, 1.807) is 0 Å². The van der Waals surface area contributed by atoms with Crippen LogP contribution in [-0.2, 0) is 4.74 Å². The van der Waals surface area contributed by atoms with Crippen LogP contribution in [-0.4, -0.2) is 26.1 Å². The van der Waals surface area contributed by atoms with Gasteiger partial charge in [0.05, 0.1) is 7.11 Å². The molecule has 0 aliphatic heterocycles. The lowest BCUT2D eigenvalue weighted by molar-refractivity contribution is 0.161. The second-order valence-corrected chi connectivity index (χ2v) is 11.4. The Morgan fingerprint density at radius 3 is 1.67 bits per heavy atom. The summed E-state index contributed by atoms with van der Waals surface area (Å²) in [6.45, 7) is 25.4. The minimum absolute atomic E-state index is 0.0236. The molecule has 0 saturated carbocycles. The van der Waals surface area contributed by atoms with Crippen LogP contribution in [0.2, 0.25) is 0 Å². The van der Waals surface area contributed by atoms with Crippen LogP contribution in [0.3, 0.4) is 0 Å². The van der Waals surface area contributed by atoms with Gasteiger partial charge in [-0.15, -0.1) is 0 Å². The molecule has 0 saturated heterocycles. The van der Waals surface area contributed by atoms with Crippen molar-refractivity contribution in [3.63, 3.8) is 0 Å². The summed E-state index contributed by atoms with van der Waals surface area (Å²) < 4.78 is 5.92. The number of allylic oxidation sites excluding steroid dienone is 4. The van der Waals surface area contributed by atoms with Crippen LogP contribution < -0.4 is 0 Å². The van der Waals surface area contributed by atoms with Crippen LogP contribution >= 0.6 is 0 Å². The van der Waals surface area contributed by atoms with Crippen molar-refractivity contribution in [3.05, 3.63) is 23.1 Å². The average molecular weight is 380 g/mol. The Labute approximate surface area is 171 Å². The Bertz CT molecular complexity index is 539. The first-order valence-corrected chi connectivity index (χ1v) is 10.6. The van der Waals surface area contributed by atoms with Gasteiger partial charge in [0, 0.05) is 30.6 Å². The number of methoxy groups -OCH3 is 1. The summed E-state index contributed by atoms with van der Waals surface area (Å²) in [5, 5.41) is 0. The first-order chi connectivity index (χ1) is 11.9. The number of ether oxygens (including phenoxy) is 1. The summed E-state index contributed by atoms with van der Waals surface area (Å²) in [4.78, 5) is 2.29. The Balaban J connectivity index is 5.68. The minimum atomic E-state index is 0.0236. The molecule has 0 aromatic rings. The maximum Gasteiger partial charge on any atom is 0.101 e. The molecule has 0 bridgehead atoms. The maximum absolute atomic E-state index is 5.92. The number of rotatable bonds is 9. The zero-order valence-electron chi connectivity index (χ0n) is 21.1. The molecule has 0 atom stereocenters. The van der Waals surface area contributed by atoms with Crippen molar-refractivity contribution in [2.24, 2.45) is 21.7 Å². The van der Waals surface area contributed by atoms with E-state index >= 15 is 0 Å². The topological polar surface area (TPSA) is 12.5 Å². The van der Waals surface area contributed by atoms with Crippen molar-refractivity contribution in [2.45, 2.75) is 95.4 Å². The highest BCUT2D eigenvalue weighted by molar-refractivity contribution is 5.19. The summed E-state index contributed by atoms with van der Waals surface area (Å²) in [7, 11) is 6.16. The third kappa shape index (κ3) is 7.54. The fourth-order valence-electron chi connectivity index (χ4n) is 3.58. The third-order valence-electron chi connectivity index (χ3n) is 6.27. The van der Waals surface area contributed by atoms with Gasteiger partial charge in [-0.25, -0.2) is 0 Å². The van der Waals surface area contributed by atoms with Crippen molar-refractivity contribution in [3.8, 4) is 0 Å². The first kappa shape index (κ1) is 26.1. The predicted octanol–water partition coefficient (Wildman–Crippen LogP) is 7.67. The minimum Gasteiger partial charge on any atom is -0.501 e. The Kier molecular flexibility index (Phi) is 8.74. The lowest BCUT2D eigenvalue weighted by Gasteiger charge is -2.37. The highest BCUT2D eigenvalue weighted by Crippen LogP contribution is 2.43. The molecule has 0 spiro atoms. The van der Waals surface area contributed by atoms with Gasteiger partial charge in [0.25, 0.3) is 0 Å². The number of nitrogens with zero attached hydrogens (tertiary/aromatic N) is 1. The monoisotopic (exact) mass is 379 g/mol. The van der Waals surface area contributed by atoms with E-state index < -0.39 is 0 Å². The van der Waals surface area contributed by atoms with E-state index in [1.807, 2.05) is 7.11 Å². The molecule has 160 valence electrons. The highest BCUT2D eigenvalue weighted by atomic mass is 16.5. The molecule has 0 unspecified atom stereocenters. The molecule has 2 heteroatoms. The molecule has 0 radical (unpaired) electrons. The normalized spacial score (nSPS) is 15.6. The summed E-state index contributed by atoms with van der Waals surface area (Å²) in [5.41, 5.74) is 3.26. The number of hydrogen-bond donors (Lipinski definition) is 0. The maximum atomic E-state index is 5.92. The van der Waals surface area contributed by atoms with Gasteiger partial charge in [0.15, 0.2) is 0 Å². The molecular weight excluding hydrogens is 330 g/mol. The van der Waals surface area contributed by atoms with Crippen molar-refractivity contribution < 1.29 is 4.74 Å². The quantitative estimate of drug-likeness (QED) is 0.381. The zero-order chi connectivity index (χ0) is 21.8. The highest BCUT2D eigenvalue weighted by Gasteiger charge is 2.33. The SMILES string of the molecule is CCC(C)(C)/C(=C\C(C)(C)CCC(C)(C)/C(OC)=C(/C)C(C)(C)C)N(C)C. The van der Waals surface area contributed by atoms with Crippen molar-refractivity contribution >= 4 is 0 Å². The predicted molar refractivity (Wildman–Crippen MR) is 122 cm³/mol. The zero-order valence-corrected chi connectivity index (χ0v) is 21.1. The lowest BCUT2D eigenvalue weighted by atomic mass is 9.73. The van der Waals surface area contributed by atoms with E-state index in [0.29, 0.717) is 0 Å². The van der Waals surface area contributed by atoms with Crippen LogP contribution in [0.15, 0.2) is 23.1 Å². The molecule has 27 heavy (non-hydrogen) atoms. The fourth-order valence-corrected chi connectivity index (χ4v) is 3.58. The summed E-state index contributed by atoms with van der Waals surface area (Å²) in [5.74, 6) is 1.15. The van der Waals surface area contributed by atoms with Gasteiger partial charge in [-0.2, -0.15) is 0 Å². The van der Waals surface area contributed by atoms with Gasteiger partial charge in [-0.1, -0.05) is 75.3 Å². The molecule has 0 aliphatic carbocycles. The van der Waals surface area contributed by atoms with Gasteiger partial charge < -0.3 is 9.64 Å². The molecule has 0 rings (SSSR count). The van der Waals surface area contributed by atoms with Gasteiger partial charge in [0.1, 0.15) is 5.76 Å². The van der Waals surface area contributed by atoms with Gasteiger partial charge in [-0.3, -0.25) is 0 Å². The van der Waals surface area contributed by atoms with Gasteiger partial charge in [0.2, 0.25) is 0 Å². The lowest BCUT2D eigenvalue weighted by Crippen LogP contribution is -2.29. The van der Waals surface area contributed by atoms with Crippen LogP contribution in [0.25, 0.3) is 0 Å². The van der Waals surface area contributed by atoms with Crippen LogP contribution in [0.5, 0.6) is 0 Å². The van der Waals surface area contributed by atoms with Crippen molar-refractivity contribution in [1.82, 2.24) is 4.90 Å². The molecule has 0 aromatic heterocycles. The Hall–Kier alpha value is -0.920. The van der Waals surface area contributed by atoms with E-state index in [-0.39, 0.29) is 21.7 Å². The second kappa shape index (κ2) is 9.05. The van der Waals surface area contributed by atoms with Crippen molar-refractivity contribution in [1.29, 1.82) is 0 Å².